The third kappa shape index (κ3) is 5.27. The van der Waals surface area contributed by atoms with Crippen molar-refractivity contribution >= 4 is 23.4 Å². The third-order valence-corrected chi connectivity index (χ3v) is 3.41. The van der Waals surface area contributed by atoms with E-state index >= 15 is 0 Å². The molecule has 1 heterocycles. The normalized spacial score (nSPS) is 10.2. The van der Waals surface area contributed by atoms with E-state index in [-0.39, 0.29) is 12.3 Å². The molecule has 7 heteroatoms. The molecule has 1 aromatic heterocycles. The first-order chi connectivity index (χ1) is 12.2. The highest BCUT2D eigenvalue weighted by atomic mass is 16.5. The smallest absolute Gasteiger partial charge is 0.340 e. The summed E-state index contributed by atoms with van der Waals surface area (Å²) in [6, 6.07) is 8.27. The van der Waals surface area contributed by atoms with Crippen LogP contribution in [0.4, 0.5) is 11.5 Å². The van der Waals surface area contributed by atoms with Crippen LogP contribution < -0.4 is 10.6 Å². The summed E-state index contributed by atoms with van der Waals surface area (Å²) in [5.41, 5.74) is 0.894. The topological polar surface area (TPSA) is 93.2 Å². The van der Waals surface area contributed by atoms with Gasteiger partial charge in [-0.25, -0.2) is 14.8 Å². The predicted molar refractivity (Wildman–Crippen MR) is 95.8 cm³/mol. The number of ether oxygens (including phenoxy) is 1. The van der Waals surface area contributed by atoms with Crippen LogP contribution in [-0.4, -0.2) is 35.0 Å². The molecular formula is C18H22N4O3. The molecule has 0 fully saturated rings. The van der Waals surface area contributed by atoms with Gasteiger partial charge in [-0.15, -0.1) is 0 Å². The van der Waals surface area contributed by atoms with Gasteiger partial charge in [0.2, 0.25) is 0 Å². The van der Waals surface area contributed by atoms with Crippen molar-refractivity contribution in [1.82, 2.24) is 9.97 Å². The molecule has 0 aliphatic carbocycles. The first-order valence-corrected chi connectivity index (χ1v) is 8.29. The number of nitrogens with zero attached hydrogens (tertiary/aromatic N) is 2. The summed E-state index contributed by atoms with van der Waals surface area (Å²) in [6.07, 6.45) is 3.41. The molecule has 25 heavy (non-hydrogen) atoms. The van der Waals surface area contributed by atoms with E-state index in [1.807, 2.05) is 0 Å². The number of aromatic nitrogens is 2. The maximum absolute atomic E-state index is 12.4. The van der Waals surface area contributed by atoms with Gasteiger partial charge in [-0.2, -0.15) is 0 Å². The van der Waals surface area contributed by atoms with Gasteiger partial charge in [-0.05, 0) is 25.5 Å². The average Bonchev–Trinajstić information content (AvgIpc) is 2.63. The molecule has 0 radical (unpaired) electrons. The molecular weight excluding hydrogens is 320 g/mol. The molecule has 1 aromatic carbocycles. The Balaban J connectivity index is 2.12. The van der Waals surface area contributed by atoms with Gasteiger partial charge in [0, 0.05) is 12.6 Å². The summed E-state index contributed by atoms with van der Waals surface area (Å²) >= 11 is 0. The van der Waals surface area contributed by atoms with Gasteiger partial charge < -0.3 is 15.4 Å². The highest BCUT2D eigenvalue weighted by Gasteiger charge is 2.15. The van der Waals surface area contributed by atoms with Gasteiger partial charge in [0.25, 0.3) is 5.91 Å². The van der Waals surface area contributed by atoms with Crippen LogP contribution >= 0.6 is 0 Å². The minimum Gasteiger partial charge on any atom is -0.462 e. The van der Waals surface area contributed by atoms with E-state index < -0.39 is 11.9 Å². The standard InChI is InChI=1S/C18H22N4O3/c1-3-5-10-19-16-11-15(20-12-21-16)17(23)22-14-9-7-6-8-13(14)18(24)25-4-2/h6-9,11-12H,3-5,10H2,1-2H3,(H,22,23)(H,19,20,21). The number of nitrogens with one attached hydrogen (secondary N) is 2. The lowest BCUT2D eigenvalue weighted by Crippen LogP contribution is -2.17. The fourth-order valence-corrected chi connectivity index (χ4v) is 2.14. The van der Waals surface area contributed by atoms with E-state index in [4.69, 9.17) is 4.74 Å². The first-order valence-electron chi connectivity index (χ1n) is 8.29. The van der Waals surface area contributed by atoms with Gasteiger partial charge in [-0.3, -0.25) is 4.79 Å². The van der Waals surface area contributed by atoms with Gasteiger partial charge in [-0.1, -0.05) is 25.5 Å². The summed E-state index contributed by atoms with van der Waals surface area (Å²) in [7, 11) is 0. The largest absolute Gasteiger partial charge is 0.462 e. The fraction of sp³-hybridized carbons (Fsp3) is 0.333. The Morgan fingerprint density at radius 3 is 2.72 bits per heavy atom. The van der Waals surface area contributed by atoms with E-state index in [9.17, 15) is 9.59 Å². The molecule has 0 saturated heterocycles. The Morgan fingerprint density at radius 2 is 1.96 bits per heavy atom. The molecule has 0 atom stereocenters. The van der Waals surface area contributed by atoms with Crippen LogP contribution in [0.25, 0.3) is 0 Å². The Bertz CT molecular complexity index is 734. The van der Waals surface area contributed by atoms with Gasteiger partial charge in [0.05, 0.1) is 17.9 Å². The van der Waals surface area contributed by atoms with Crippen molar-refractivity contribution in [3.8, 4) is 0 Å². The highest BCUT2D eigenvalue weighted by Crippen LogP contribution is 2.17. The maximum Gasteiger partial charge on any atom is 0.340 e. The van der Waals surface area contributed by atoms with Crippen molar-refractivity contribution in [2.75, 3.05) is 23.8 Å². The van der Waals surface area contributed by atoms with Crippen LogP contribution in [0, 0.1) is 0 Å². The minimum absolute atomic E-state index is 0.215. The molecule has 0 unspecified atom stereocenters. The molecule has 0 saturated carbocycles. The predicted octanol–water partition coefficient (Wildman–Crippen LogP) is 3.12. The number of anilines is 2. The summed E-state index contributed by atoms with van der Waals surface area (Å²) < 4.78 is 5.00. The van der Waals surface area contributed by atoms with E-state index in [0.717, 1.165) is 19.4 Å². The first kappa shape index (κ1) is 18.4. The maximum atomic E-state index is 12.4. The Labute approximate surface area is 146 Å². The molecule has 0 aliphatic rings. The number of rotatable bonds is 8. The molecule has 0 bridgehead atoms. The summed E-state index contributed by atoms with van der Waals surface area (Å²) in [6.45, 7) is 4.87. The quantitative estimate of drug-likeness (QED) is 0.565. The zero-order valence-electron chi connectivity index (χ0n) is 14.4. The number of para-hydroxylation sites is 1. The molecule has 2 aromatic rings. The highest BCUT2D eigenvalue weighted by molar-refractivity contribution is 6.07. The third-order valence-electron chi connectivity index (χ3n) is 3.41. The lowest BCUT2D eigenvalue weighted by atomic mass is 10.1. The number of carbonyl (C=O) groups is 2. The summed E-state index contributed by atoms with van der Waals surface area (Å²) in [5.74, 6) is -0.312. The average molecular weight is 342 g/mol. The van der Waals surface area contributed by atoms with Gasteiger partial charge in [0.15, 0.2) is 0 Å². The second kappa shape index (κ2) is 9.36. The number of hydrogen-bond acceptors (Lipinski definition) is 6. The lowest BCUT2D eigenvalue weighted by Gasteiger charge is -2.10. The Morgan fingerprint density at radius 1 is 1.16 bits per heavy atom. The molecule has 0 spiro atoms. The number of benzene rings is 1. The molecule has 132 valence electrons. The molecule has 1 amide bonds. The van der Waals surface area contributed by atoms with Gasteiger partial charge >= 0.3 is 5.97 Å². The summed E-state index contributed by atoms with van der Waals surface area (Å²) in [5, 5.41) is 5.85. The number of esters is 1. The van der Waals surface area contributed by atoms with Crippen molar-refractivity contribution < 1.29 is 14.3 Å². The van der Waals surface area contributed by atoms with Crippen molar-refractivity contribution in [3.63, 3.8) is 0 Å². The van der Waals surface area contributed by atoms with Crippen LogP contribution in [0.2, 0.25) is 0 Å². The number of unbranched alkanes of at least 4 members (excludes halogenated alkanes) is 1. The monoisotopic (exact) mass is 342 g/mol. The van der Waals surface area contributed by atoms with Crippen molar-refractivity contribution in [2.24, 2.45) is 0 Å². The Kier molecular flexibility index (Phi) is 6.88. The van der Waals surface area contributed by atoms with Crippen molar-refractivity contribution in [1.29, 1.82) is 0 Å². The number of carbonyl (C=O) groups excluding carboxylic acids is 2. The molecule has 7 nitrogen and oxygen atoms in total. The van der Waals surface area contributed by atoms with Gasteiger partial charge in [0.1, 0.15) is 17.8 Å². The van der Waals surface area contributed by atoms with Crippen molar-refractivity contribution in [2.45, 2.75) is 26.7 Å². The van der Waals surface area contributed by atoms with Crippen LogP contribution in [0.3, 0.4) is 0 Å². The molecule has 2 N–H and O–H groups in total. The zero-order valence-corrected chi connectivity index (χ0v) is 14.4. The lowest BCUT2D eigenvalue weighted by molar-refractivity contribution is 0.0527. The van der Waals surface area contributed by atoms with E-state index in [1.54, 1.807) is 37.3 Å². The second-order valence-corrected chi connectivity index (χ2v) is 5.29. The number of amides is 1. The van der Waals surface area contributed by atoms with Crippen LogP contribution in [-0.2, 0) is 4.74 Å². The zero-order chi connectivity index (χ0) is 18.1. The minimum atomic E-state index is -0.483. The second-order valence-electron chi connectivity index (χ2n) is 5.29. The van der Waals surface area contributed by atoms with E-state index in [1.165, 1.54) is 6.33 Å². The Hall–Kier alpha value is -2.96. The van der Waals surface area contributed by atoms with Crippen LogP contribution in [0.1, 0.15) is 47.5 Å². The van der Waals surface area contributed by atoms with Crippen LogP contribution in [0.5, 0.6) is 0 Å². The molecule has 0 aliphatic heterocycles. The van der Waals surface area contributed by atoms with Crippen LogP contribution in [0.15, 0.2) is 36.7 Å². The summed E-state index contributed by atoms with van der Waals surface area (Å²) in [4.78, 5) is 32.5. The number of hydrogen-bond donors (Lipinski definition) is 2. The fourth-order valence-electron chi connectivity index (χ4n) is 2.14. The van der Waals surface area contributed by atoms with E-state index in [0.29, 0.717) is 17.1 Å². The molecule has 2 rings (SSSR count). The SMILES string of the molecule is CCCCNc1cc(C(=O)Nc2ccccc2C(=O)OCC)ncn1. The van der Waals surface area contributed by atoms with E-state index in [2.05, 4.69) is 27.5 Å². The van der Waals surface area contributed by atoms with Crippen molar-refractivity contribution in [3.05, 3.63) is 47.9 Å².